The van der Waals surface area contributed by atoms with Gasteiger partial charge < -0.3 is 25.7 Å². The number of aliphatic carboxylic acids is 1. The van der Waals surface area contributed by atoms with Crippen molar-refractivity contribution in [2.75, 3.05) is 24.3 Å². The minimum atomic E-state index is -0.882. The lowest BCUT2D eigenvalue weighted by Gasteiger charge is -2.27. The first kappa shape index (κ1) is 28.2. The predicted octanol–water partition coefficient (Wildman–Crippen LogP) is 4.32. The molecule has 2 aromatic carbocycles. The molecule has 0 saturated heterocycles. The molecule has 39 heavy (non-hydrogen) atoms. The lowest BCUT2D eigenvalue weighted by atomic mass is 9.84. The molecule has 1 aliphatic heterocycles. The van der Waals surface area contributed by atoms with Crippen LogP contribution in [0.15, 0.2) is 42.5 Å². The molecular formula is C30H39N5O4. The third-order valence-corrected chi connectivity index (χ3v) is 7.59. The Hall–Kier alpha value is -3.82. The minimum Gasteiger partial charge on any atom is -0.493 e. The number of carboxylic acids is 1. The van der Waals surface area contributed by atoms with Crippen molar-refractivity contribution >= 4 is 17.3 Å². The Labute approximate surface area is 230 Å². The van der Waals surface area contributed by atoms with Crippen LogP contribution in [0.25, 0.3) is 0 Å². The largest absolute Gasteiger partial charge is 0.493 e. The van der Waals surface area contributed by atoms with Gasteiger partial charge in [-0.3, -0.25) is 9.69 Å². The molecule has 208 valence electrons. The van der Waals surface area contributed by atoms with E-state index in [0.29, 0.717) is 42.5 Å². The maximum atomic E-state index is 12.0. The molecule has 0 radical (unpaired) electrons. The average Bonchev–Trinajstić information content (AvgIpc) is 3.04. The third kappa shape index (κ3) is 6.26. The van der Waals surface area contributed by atoms with Crippen LogP contribution in [-0.2, 0) is 17.9 Å². The van der Waals surface area contributed by atoms with Crippen LogP contribution in [0.2, 0.25) is 0 Å². The summed E-state index contributed by atoms with van der Waals surface area (Å²) in [5.74, 6) is 5.62. The molecular weight excluding hydrogens is 494 g/mol. The van der Waals surface area contributed by atoms with Crippen LogP contribution in [0, 0.1) is 19.8 Å². The van der Waals surface area contributed by atoms with E-state index in [9.17, 15) is 15.0 Å². The van der Waals surface area contributed by atoms with E-state index in [1.807, 2.05) is 31.2 Å². The van der Waals surface area contributed by atoms with E-state index in [1.165, 1.54) is 5.01 Å². The molecule has 0 spiro atoms. The van der Waals surface area contributed by atoms with Crippen molar-refractivity contribution in [3.63, 3.8) is 0 Å². The molecule has 9 nitrogen and oxygen atoms in total. The number of pyridine rings is 1. The van der Waals surface area contributed by atoms with Crippen molar-refractivity contribution in [1.82, 2.24) is 9.88 Å². The number of aromatic hydroxyl groups is 1. The molecule has 2 unspecified atom stereocenters. The molecule has 0 fully saturated rings. The van der Waals surface area contributed by atoms with Crippen molar-refractivity contribution < 1.29 is 19.7 Å². The number of aromatic nitrogens is 1. The van der Waals surface area contributed by atoms with Gasteiger partial charge in [-0.15, -0.1) is 0 Å². The maximum absolute atomic E-state index is 12.0. The van der Waals surface area contributed by atoms with Gasteiger partial charge in [0.05, 0.1) is 17.8 Å². The number of nitrogen functional groups attached to an aromatic ring is 1. The Balaban J connectivity index is 1.70. The zero-order valence-corrected chi connectivity index (χ0v) is 23.3. The minimum absolute atomic E-state index is 0.0310. The number of anilines is 2. The smallest absolute Gasteiger partial charge is 0.304 e. The fraction of sp³-hybridized carbons (Fsp3) is 0.400. The summed E-state index contributed by atoms with van der Waals surface area (Å²) in [6.07, 6.45) is -0.102. The predicted molar refractivity (Wildman–Crippen MR) is 153 cm³/mol. The van der Waals surface area contributed by atoms with Gasteiger partial charge >= 0.3 is 5.97 Å². The number of carboxylic acid groups (broad SMARTS) is 1. The third-order valence-electron chi connectivity index (χ3n) is 7.59. The molecule has 1 aromatic heterocycles. The molecule has 0 saturated carbocycles. The Morgan fingerprint density at radius 1 is 1.21 bits per heavy atom. The summed E-state index contributed by atoms with van der Waals surface area (Å²) in [4.78, 5) is 18.6. The first-order valence-electron chi connectivity index (χ1n) is 13.2. The first-order valence-corrected chi connectivity index (χ1v) is 13.2. The second-order valence-corrected chi connectivity index (χ2v) is 10.8. The van der Waals surface area contributed by atoms with Crippen LogP contribution >= 0.6 is 0 Å². The number of nitrogens with two attached hydrogens (primary N) is 2. The summed E-state index contributed by atoms with van der Waals surface area (Å²) >= 11 is 0. The summed E-state index contributed by atoms with van der Waals surface area (Å²) in [6, 6.07) is 13.2. The van der Waals surface area contributed by atoms with E-state index in [-0.39, 0.29) is 30.2 Å². The van der Waals surface area contributed by atoms with E-state index < -0.39 is 5.97 Å². The first-order chi connectivity index (χ1) is 18.4. The molecule has 3 aromatic rings. The summed E-state index contributed by atoms with van der Waals surface area (Å²) in [6.45, 7) is 10.1. The van der Waals surface area contributed by atoms with Crippen molar-refractivity contribution in [3.8, 4) is 11.6 Å². The van der Waals surface area contributed by atoms with Crippen molar-refractivity contribution in [2.45, 2.75) is 59.2 Å². The number of nitrogens with zero attached hydrogens (tertiary/aromatic N) is 3. The van der Waals surface area contributed by atoms with E-state index in [0.717, 1.165) is 27.8 Å². The molecule has 1 aliphatic rings. The Morgan fingerprint density at radius 2 is 1.95 bits per heavy atom. The Bertz CT molecular complexity index is 1360. The van der Waals surface area contributed by atoms with Gasteiger partial charge in [-0.2, -0.15) is 0 Å². The number of fused-ring (bicyclic) bond motifs is 1. The van der Waals surface area contributed by atoms with Gasteiger partial charge in [-0.05, 0) is 59.7 Å². The maximum Gasteiger partial charge on any atom is 0.304 e. The van der Waals surface area contributed by atoms with Gasteiger partial charge in [0, 0.05) is 38.7 Å². The van der Waals surface area contributed by atoms with Crippen molar-refractivity contribution in [3.05, 3.63) is 76.0 Å². The molecule has 0 bridgehead atoms. The van der Waals surface area contributed by atoms with Crippen LogP contribution in [-0.4, -0.2) is 45.8 Å². The fourth-order valence-electron chi connectivity index (χ4n) is 5.21. The van der Waals surface area contributed by atoms with E-state index in [2.05, 4.69) is 36.7 Å². The summed E-state index contributed by atoms with van der Waals surface area (Å²) in [5, 5.41) is 21.3. The molecule has 9 heteroatoms. The number of hydrazine groups is 1. The molecule has 2 heterocycles. The molecule has 0 aliphatic carbocycles. The summed E-state index contributed by atoms with van der Waals surface area (Å²) in [5.41, 5.74) is 13.1. The lowest BCUT2D eigenvalue weighted by Crippen LogP contribution is -2.36. The standard InChI is InChI=1S/C30H39N5O4/c1-17(2)27-16-35(15-24-26(39-27)10-11-28(36)33-24)14-21-12-20(7-6-18(21)3)23(13-29(37)38)22-8-9-25(34(5)32)30(31)19(22)4/h6-12,17,23,27H,13-16,31-32H2,1-5H3,(H,33,36)(H,37,38). The number of ether oxygens (including phenoxy) is 1. The van der Waals surface area contributed by atoms with E-state index >= 15 is 0 Å². The second kappa shape index (κ2) is 11.5. The van der Waals surface area contributed by atoms with Gasteiger partial charge in [0.2, 0.25) is 5.88 Å². The van der Waals surface area contributed by atoms with Gasteiger partial charge in [-0.25, -0.2) is 10.8 Å². The van der Waals surface area contributed by atoms with Crippen molar-refractivity contribution in [1.29, 1.82) is 0 Å². The summed E-state index contributed by atoms with van der Waals surface area (Å²) in [7, 11) is 1.72. The summed E-state index contributed by atoms with van der Waals surface area (Å²) < 4.78 is 6.28. The molecule has 0 amide bonds. The number of hydrogen-bond donors (Lipinski definition) is 4. The zero-order chi connectivity index (χ0) is 28.4. The molecule has 6 N–H and O–H groups in total. The Morgan fingerprint density at radius 3 is 2.62 bits per heavy atom. The number of rotatable bonds is 8. The number of aryl methyl sites for hydroxylation is 1. The highest BCUT2D eigenvalue weighted by Crippen LogP contribution is 2.37. The van der Waals surface area contributed by atoms with Crippen LogP contribution < -0.4 is 21.3 Å². The number of benzene rings is 2. The Kier molecular flexibility index (Phi) is 8.32. The normalized spacial score (nSPS) is 16.3. The van der Waals surface area contributed by atoms with Gasteiger partial charge in [0.15, 0.2) is 0 Å². The number of hydrogen-bond acceptors (Lipinski definition) is 8. The monoisotopic (exact) mass is 533 g/mol. The average molecular weight is 534 g/mol. The van der Waals surface area contributed by atoms with E-state index in [1.54, 1.807) is 19.2 Å². The highest BCUT2D eigenvalue weighted by molar-refractivity contribution is 5.74. The zero-order valence-electron chi connectivity index (χ0n) is 23.3. The van der Waals surface area contributed by atoms with Crippen LogP contribution in [0.5, 0.6) is 11.6 Å². The quantitative estimate of drug-likeness (QED) is 0.189. The van der Waals surface area contributed by atoms with Crippen LogP contribution in [0.1, 0.15) is 59.7 Å². The highest BCUT2D eigenvalue weighted by Gasteiger charge is 2.28. The molecule has 2 atom stereocenters. The van der Waals surface area contributed by atoms with Crippen LogP contribution in [0.3, 0.4) is 0 Å². The molecule has 4 rings (SSSR count). The van der Waals surface area contributed by atoms with Crippen molar-refractivity contribution in [2.24, 2.45) is 11.8 Å². The van der Waals surface area contributed by atoms with Crippen LogP contribution in [0.4, 0.5) is 11.4 Å². The van der Waals surface area contributed by atoms with E-state index in [4.69, 9.17) is 16.3 Å². The SMILES string of the molecule is Cc1ccc(C(CC(=O)O)c2ccc(N(C)N)c(N)c2C)cc1CN1Cc2nc(O)ccc2OC(C(C)C)C1. The van der Waals surface area contributed by atoms with Gasteiger partial charge in [0.25, 0.3) is 0 Å². The number of carbonyl (C=O) groups is 1. The topological polar surface area (TPSA) is 138 Å². The second-order valence-electron chi connectivity index (χ2n) is 10.8. The lowest BCUT2D eigenvalue weighted by molar-refractivity contribution is -0.137. The van der Waals surface area contributed by atoms with Gasteiger partial charge in [0.1, 0.15) is 17.5 Å². The highest BCUT2D eigenvalue weighted by atomic mass is 16.5. The van der Waals surface area contributed by atoms with Gasteiger partial charge in [-0.1, -0.05) is 38.1 Å². The fourth-order valence-corrected chi connectivity index (χ4v) is 5.21.